The molecule has 9 heteroatoms. The molecular weight excluding hydrogens is 319 g/mol. The molecule has 0 fully saturated rings. The molecule has 2 rings (SSSR count). The number of rotatable bonds is 8. The zero-order valence-corrected chi connectivity index (χ0v) is 13.1. The quantitative estimate of drug-likeness (QED) is 0.329. The Balaban J connectivity index is 1.98. The van der Waals surface area contributed by atoms with Crippen LogP contribution in [0.1, 0.15) is 16.3 Å². The molecule has 2 aromatic rings. The Morgan fingerprint density at radius 3 is 2.74 bits per heavy atom. The van der Waals surface area contributed by atoms with E-state index >= 15 is 0 Å². The van der Waals surface area contributed by atoms with Crippen LogP contribution in [0.4, 0.5) is 0 Å². The zero-order valence-electron chi connectivity index (χ0n) is 12.3. The summed E-state index contributed by atoms with van der Waals surface area (Å²) >= 11 is 1.34. The molecule has 1 aromatic carbocycles. The maximum atomic E-state index is 11.2. The number of carboxylic acids is 1. The van der Waals surface area contributed by atoms with Gasteiger partial charge in [-0.2, -0.15) is 0 Å². The smallest absolute Gasteiger partial charge is 0.377 e. The first-order valence-corrected chi connectivity index (χ1v) is 7.47. The number of carbonyl (C=O) groups is 2. The minimum atomic E-state index is -1.20. The van der Waals surface area contributed by atoms with E-state index in [0.717, 1.165) is 16.0 Å². The van der Waals surface area contributed by atoms with Gasteiger partial charge < -0.3 is 14.6 Å². The van der Waals surface area contributed by atoms with Crippen molar-refractivity contribution in [1.82, 2.24) is 4.98 Å². The Morgan fingerprint density at radius 2 is 2.17 bits per heavy atom. The number of benzene rings is 1. The summed E-state index contributed by atoms with van der Waals surface area (Å²) in [5.74, 6) is -1.20. The predicted molar refractivity (Wildman–Crippen MR) is 86.2 cm³/mol. The normalized spacial score (nSPS) is 10.9. The molecular formula is C14H13BN2O5S. The fourth-order valence-corrected chi connectivity index (χ4v) is 2.30. The van der Waals surface area contributed by atoms with Crippen molar-refractivity contribution in [1.29, 1.82) is 0 Å². The number of carboxylic acid groups (broad SMARTS) is 1. The minimum Gasteiger partial charge on any atom is -0.537 e. The molecule has 0 aliphatic heterocycles. The molecule has 0 radical (unpaired) electrons. The van der Waals surface area contributed by atoms with Gasteiger partial charge in [-0.1, -0.05) is 29.4 Å². The van der Waals surface area contributed by atoms with Crippen LogP contribution in [0.5, 0.6) is 0 Å². The molecule has 0 amide bonds. The highest BCUT2D eigenvalue weighted by atomic mass is 32.1. The number of aliphatic carboxylic acids is 1. The molecule has 0 aliphatic rings. The number of hydrogen-bond acceptors (Lipinski definition) is 7. The van der Waals surface area contributed by atoms with E-state index in [1.165, 1.54) is 11.3 Å². The van der Waals surface area contributed by atoms with Gasteiger partial charge in [0, 0.05) is 5.38 Å². The summed E-state index contributed by atoms with van der Waals surface area (Å²) in [7, 11) is 0.204. The Labute approximate surface area is 136 Å². The van der Waals surface area contributed by atoms with E-state index in [2.05, 4.69) is 14.8 Å². The van der Waals surface area contributed by atoms with Gasteiger partial charge in [-0.3, -0.25) is 4.79 Å². The molecule has 7 nitrogen and oxygen atoms in total. The van der Waals surface area contributed by atoms with Crippen LogP contribution in [0.25, 0.3) is 0 Å². The van der Waals surface area contributed by atoms with E-state index in [9.17, 15) is 9.59 Å². The lowest BCUT2D eigenvalue weighted by atomic mass is 9.88. The number of oxime groups is 1. The topological polar surface area (TPSA) is 98.1 Å². The number of carbonyl (C=O) groups excluding carboxylic acids is 1. The van der Waals surface area contributed by atoms with Gasteiger partial charge in [-0.25, -0.2) is 9.78 Å². The molecule has 0 atom stereocenters. The van der Waals surface area contributed by atoms with Crippen LogP contribution in [0.2, 0.25) is 0 Å². The molecule has 0 bridgehead atoms. The molecule has 0 saturated carbocycles. The molecule has 0 aliphatic carbocycles. The summed E-state index contributed by atoms with van der Waals surface area (Å²) in [5, 5.41) is 15.2. The SMILES string of the molecule is Cc1nc(/C(=N/OCc2ccc(BOC=O)cc2)C(=O)O)cs1. The second-order valence-electron chi connectivity index (χ2n) is 4.49. The van der Waals surface area contributed by atoms with Gasteiger partial charge in [0.15, 0.2) is 0 Å². The Bertz CT molecular complexity index is 714. The highest BCUT2D eigenvalue weighted by Gasteiger charge is 2.16. The number of hydrogen-bond donors (Lipinski definition) is 1. The van der Waals surface area contributed by atoms with Crippen molar-refractivity contribution in [2.45, 2.75) is 13.5 Å². The number of nitrogens with zero attached hydrogens (tertiary/aromatic N) is 2. The van der Waals surface area contributed by atoms with Gasteiger partial charge in [0.1, 0.15) is 12.3 Å². The van der Waals surface area contributed by atoms with Crippen LogP contribution < -0.4 is 5.46 Å². The monoisotopic (exact) mass is 332 g/mol. The third-order valence-electron chi connectivity index (χ3n) is 2.79. The van der Waals surface area contributed by atoms with Crippen LogP contribution in [0.3, 0.4) is 0 Å². The lowest BCUT2D eigenvalue weighted by Crippen LogP contribution is -2.17. The molecule has 0 unspecified atom stereocenters. The summed E-state index contributed by atoms with van der Waals surface area (Å²) in [4.78, 5) is 30.5. The minimum absolute atomic E-state index is 0.120. The second-order valence-corrected chi connectivity index (χ2v) is 5.56. The molecule has 1 heterocycles. The van der Waals surface area contributed by atoms with E-state index in [0.29, 0.717) is 6.47 Å². The van der Waals surface area contributed by atoms with Crippen molar-refractivity contribution in [2.24, 2.45) is 5.16 Å². The molecule has 0 spiro atoms. The van der Waals surface area contributed by atoms with Crippen molar-refractivity contribution >= 4 is 42.4 Å². The fraction of sp³-hybridized carbons (Fsp3) is 0.143. The lowest BCUT2D eigenvalue weighted by Gasteiger charge is -2.03. The van der Waals surface area contributed by atoms with E-state index in [4.69, 9.17) is 9.94 Å². The lowest BCUT2D eigenvalue weighted by molar-refractivity contribution is -0.129. The zero-order chi connectivity index (χ0) is 16.7. The predicted octanol–water partition coefficient (Wildman–Crippen LogP) is 0.607. The fourth-order valence-electron chi connectivity index (χ4n) is 1.70. The Hall–Kier alpha value is -2.68. The van der Waals surface area contributed by atoms with Crippen molar-refractivity contribution in [2.75, 3.05) is 0 Å². The Kier molecular flexibility index (Phi) is 5.87. The van der Waals surface area contributed by atoms with Gasteiger partial charge in [0.2, 0.25) is 5.71 Å². The highest BCUT2D eigenvalue weighted by molar-refractivity contribution is 7.09. The van der Waals surface area contributed by atoms with Crippen molar-refractivity contribution in [3.63, 3.8) is 0 Å². The van der Waals surface area contributed by atoms with E-state index in [-0.39, 0.29) is 25.5 Å². The number of aryl methyl sites for hydroxylation is 1. The van der Waals surface area contributed by atoms with Crippen LogP contribution in [-0.2, 0) is 25.7 Å². The van der Waals surface area contributed by atoms with E-state index in [1.54, 1.807) is 36.6 Å². The molecule has 1 N–H and O–H groups in total. The Morgan fingerprint density at radius 1 is 1.43 bits per heavy atom. The van der Waals surface area contributed by atoms with Crippen LogP contribution in [0, 0.1) is 6.92 Å². The van der Waals surface area contributed by atoms with E-state index < -0.39 is 5.97 Å². The average Bonchev–Trinajstić information content (AvgIpc) is 2.96. The number of aromatic nitrogens is 1. The van der Waals surface area contributed by atoms with Crippen LogP contribution in [0.15, 0.2) is 34.8 Å². The average molecular weight is 332 g/mol. The molecule has 0 saturated heterocycles. The van der Waals surface area contributed by atoms with E-state index in [1.807, 2.05) is 0 Å². The summed E-state index contributed by atoms with van der Waals surface area (Å²) in [6, 6.07) is 7.14. The van der Waals surface area contributed by atoms with Crippen molar-refractivity contribution in [3.8, 4) is 0 Å². The van der Waals surface area contributed by atoms with Gasteiger partial charge in [-0.15, -0.1) is 11.3 Å². The second kappa shape index (κ2) is 8.09. The summed E-state index contributed by atoms with van der Waals surface area (Å²) in [6.45, 7) is 2.29. The van der Waals surface area contributed by atoms with Gasteiger partial charge in [-0.05, 0) is 17.9 Å². The first kappa shape index (κ1) is 16.7. The summed E-state index contributed by atoms with van der Waals surface area (Å²) < 4.78 is 4.64. The third-order valence-corrected chi connectivity index (χ3v) is 3.57. The molecule has 1 aromatic heterocycles. The van der Waals surface area contributed by atoms with Crippen LogP contribution >= 0.6 is 11.3 Å². The first-order chi connectivity index (χ1) is 11.1. The molecule has 23 heavy (non-hydrogen) atoms. The maximum absolute atomic E-state index is 11.2. The number of thiazole rings is 1. The largest absolute Gasteiger partial charge is 0.537 e. The first-order valence-electron chi connectivity index (χ1n) is 6.59. The summed E-state index contributed by atoms with van der Waals surface area (Å²) in [6.07, 6.45) is 0. The van der Waals surface area contributed by atoms with Crippen molar-refractivity contribution < 1.29 is 24.2 Å². The van der Waals surface area contributed by atoms with Crippen LogP contribution in [-0.4, -0.2) is 35.7 Å². The summed E-state index contributed by atoms with van der Waals surface area (Å²) in [5.41, 5.74) is 1.70. The standard InChI is InChI=1S/C14H13BN2O5S/c1-9-16-12(7-23-9)13(14(19)20)17-22-6-10-2-4-11(5-3-10)15-21-8-18/h2-5,7-8,15H,6H2,1H3,(H,19,20)/b17-13-. The van der Waals surface area contributed by atoms with Gasteiger partial charge in [0.05, 0.1) is 5.01 Å². The van der Waals surface area contributed by atoms with Gasteiger partial charge in [0.25, 0.3) is 6.47 Å². The van der Waals surface area contributed by atoms with Crippen molar-refractivity contribution in [3.05, 3.63) is 45.9 Å². The third kappa shape index (κ3) is 4.92. The molecule has 118 valence electrons. The maximum Gasteiger partial charge on any atom is 0.377 e. The van der Waals surface area contributed by atoms with Gasteiger partial charge >= 0.3 is 13.5 Å². The highest BCUT2D eigenvalue weighted by Crippen LogP contribution is 2.10.